The molecule has 0 saturated heterocycles. The van der Waals surface area contributed by atoms with Crippen LogP contribution in [0.1, 0.15) is 45.2 Å². The van der Waals surface area contributed by atoms with Gasteiger partial charge in [-0.25, -0.2) is 0 Å². The molecule has 0 heterocycles. The molecule has 96 valence electrons. The van der Waals surface area contributed by atoms with Crippen molar-refractivity contribution in [1.29, 1.82) is 0 Å². The molecule has 0 radical (unpaired) electrons. The molecule has 0 aliphatic rings. The van der Waals surface area contributed by atoms with E-state index >= 15 is 0 Å². The summed E-state index contributed by atoms with van der Waals surface area (Å²) < 4.78 is 5.23. The van der Waals surface area contributed by atoms with Gasteiger partial charge in [0, 0.05) is 6.04 Å². The fourth-order valence-electron chi connectivity index (χ4n) is 1.78. The molecule has 0 aliphatic carbocycles. The molecule has 0 bridgehead atoms. The number of hydrogen-bond donors (Lipinski definition) is 2. The van der Waals surface area contributed by atoms with E-state index in [0.29, 0.717) is 5.41 Å². The SMILES string of the molecule is COc1cccc(C(CCC(C)(C)C)NN)c1. The molecule has 1 aromatic rings. The minimum atomic E-state index is 0.185. The molecule has 0 aliphatic heterocycles. The first kappa shape index (κ1) is 14.0. The first-order chi connectivity index (χ1) is 7.96. The molecule has 17 heavy (non-hydrogen) atoms. The number of nitrogens with two attached hydrogens (primary N) is 1. The van der Waals surface area contributed by atoms with Crippen LogP contribution in [-0.4, -0.2) is 7.11 Å². The van der Waals surface area contributed by atoms with Crippen molar-refractivity contribution in [2.24, 2.45) is 11.3 Å². The molecule has 0 aromatic heterocycles. The van der Waals surface area contributed by atoms with Gasteiger partial charge in [0.1, 0.15) is 5.75 Å². The predicted molar refractivity (Wildman–Crippen MR) is 71.7 cm³/mol. The number of hydrogen-bond acceptors (Lipinski definition) is 3. The first-order valence-corrected chi connectivity index (χ1v) is 6.06. The first-order valence-electron chi connectivity index (χ1n) is 6.06. The summed E-state index contributed by atoms with van der Waals surface area (Å²) in [6.45, 7) is 6.73. The summed E-state index contributed by atoms with van der Waals surface area (Å²) in [5.41, 5.74) is 4.39. The highest BCUT2D eigenvalue weighted by molar-refractivity contribution is 5.30. The molecule has 0 saturated carbocycles. The molecule has 1 atom stereocenters. The van der Waals surface area contributed by atoms with Crippen molar-refractivity contribution in [3.63, 3.8) is 0 Å². The lowest BCUT2D eigenvalue weighted by molar-refractivity contribution is 0.333. The number of methoxy groups -OCH3 is 1. The summed E-state index contributed by atoms with van der Waals surface area (Å²) in [7, 11) is 1.68. The van der Waals surface area contributed by atoms with Gasteiger partial charge >= 0.3 is 0 Å². The van der Waals surface area contributed by atoms with Gasteiger partial charge in [0.25, 0.3) is 0 Å². The predicted octanol–water partition coefficient (Wildman–Crippen LogP) is 3.03. The molecule has 1 aromatic carbocycles. The Morgan fingerprint density at radius 1 is 1.35 bits per heavy atom. The van der Waals surface area contributed by atoms with E-state index in [-0.39, 0.29) is 6.04 Å². The van der Waals surface area contributed by atoms with Gasteiger partial charge in [0.05, 0.1) is 7.11 Å². The maximum Gasteiger partial charge on any atom is 0.119 e. The highest BCUT2D eigenvalue weighted by Gasteiger charge is 2.16. The monoisotopic (exact) mass is 236 g/mol. The van der Waals surface area contributed by atoms with Crippen LogP contribution in [0.2, 0.25) is 0 Å². The molecule has 0 spiro atoms. The minimum Gasteiger partial charge on any atom is -0.497 e. The van der Waals surface area contributed by atoms with Crippen LogP contribution < -0.4 is 16.0 Å². The van der Waals surface area contributed by atoms with Crippen molar-refractivity contribution in [2.45, 2.75) is 39.7 Å². The van der Waals surface area contributed by atoms with Crippen LogP contribution in [0.4, 0.5) is 0 Å². The third kappa shape index (κ3) is 4.75. The maximum absolute atomic E-state index is 5.63. The van der Waals surface area contributed by atoms with Gasteiger partial charge in [-0.1, -0.05) is 32.9 Å². The molecule has 3 nitrogen and oxygen atoms in total. The average molecular weight is 236 g/mol. The van der Waals surface area contributed by atoms with Crippen LogP contribution in [0.25, 0.3) is 0 Å². The third-order valence-electron chi connectivity index (χ3n) is 2.88. The Bertz CT molecular complexity index is 344. The number of ether oxygens (including phenoxy) is 1. The Hall–Kier alpha value is -1.06. The van der Waals surface area contributed by atoms with E-state index in [0.717, 1.165) is 18.6 Å². The van der Waals surface area contributed by atoms with Crippen molar-refractivity contribution in [2.75, 3.05) is 7.11 Å². The summed E-state index contributed by atoms with van der Waals surface area (Å²) in [5, 5.41) is 0. The molecule has 0 fully saturated rings. The standard InChI is InChI=1S/C14H24N2O/c1-14(2,3)9-8-13(16-15)11-6-5-7-12(10-11)17-4/h5-7,10,13,16H,8-9,15H2,1-4H3. The molecular weight excluding hydrogens is 212 g/mol. The Kier molecular flexibility index (Phi) is 4.97. The van der Waals surface area contributed by atoms with Crippen LogP contribution in [0, 0.1) is 5.41 Å². The minimum absolute atomic E-state index is 0.185. The van der Waals surface area contributed by atoms with E-state index in [1.54, 1.807) is 7.11 Å². The van der Waals surface area contributed by atoms with Crippen molar-refractivity contribution in [3.8, 4) is 5.75 Å². The fourth-order valence-corrected chi connectivity index (χ4v) is 1.78. The molecule has 1 rings (SSSR count). The van der Waals surface area contributed by atoms with E-state index in [4.69, 9.17) is 10.6 Å². The maximum atomic E-state index is 5.63. The number of rotatable bonds is 5. The van der Waals surface area contributed by atoms with Gasteiger partial charge in [-0.2, -0.15) is 0 Å². The Morgan fingerprint density at radius 3 is 2.59 bits per heavy atom. The zero-order valence-corrected chi connectivity index (χ0v) is 11.3. The quantitative estimate of drug-likeness (QED) is 0.610. The second-order valence-electron chi connectivity index (χ2n) is 5.60. The third-order valence-corrected chi connectivity index (χ3v) is 2.88. The van der Waals surface area contributed by atoms with E-state index in [2.05, 4.69) is 32.3 Å². The van der Waals surface area contributed by atoms with E-state index < -0.39 is 0 Å². The summed E-state index contributed by atoms with van der Waals surface area (Å²) in [6.07, 6.45) is 2.15. The smallest absolute Gasteiger partial charge is 0.119 e. The van der Waals surface area contributed by atoms with Crippen molar-refractivity contribution in [3.05, 3.63) is 29.8 Å². The second-order valence-corrected chi connectivity index (χ2v) is 5.60. The molecular formula is C14H24N2O. The van der Waals surface area contributed by atoms with Gasteiger partial charge in [0.2, 0.25) is 0 Å². The topological polar surface area (TPSA) is 47.3 Å². The molecule has 3 heteroatoms. The molecule has 0 amide bonds. The highest BCUT2D eigenvalue weighted by Crippen LogP contribution is 2.28. The van der Waals surface area contributed by atoms with Gasteiger partial charge in [-0.05, 0) is 36.0 Å². The van der Waals surface area contributed by atoms with Crippen LogP contribution >= 0.6 is 0 Å². The van der Waals surface area contributed by atoms with Crippen molar-refractivity contribution >= 4 is 0 Å². The zero-order chi connectivity index (χ0) is 12.9. The highest BCUT2D eigenvalue weighted by atomic mass is 16.5. The lowest BCUT2D eigenvalue weighted by atomic mass is 9.87. The van der Waals surface area contributed by atoms with Gasteiger partial charge in [-0.3, -0.25) is 11.3 Å². The van der Waals surface area contributed by atoms with Gasteiger partial charge in [0.15, 0.2) is 0 Å². The summed E-state index contributed by atoms with van der Waals surface area (Å²) in [5.74, 6) is 6.51. The fraction of sp³-hybridized carbons (Fsp3) is 0.571. The molecule has 3 N–H and O–H groups in total. The lowest BCUT2D eigenvalue weighted by Crippen LogP contribution is -2.28. The van der Waals surface area contributed by atoms with Crippen LogP contribution in [0.3, 0.4) is 0 Å². The average Bonchev–Trinajstić information content (AvgIpc) is 2.29. The van der Waals surface area contributed by atoms with E-state index in [1.165, 1.54) is 5.56 Å². The van der Waals surface area contributed by atoms with E-state index in [1.807, 2.05) is 18.2 Å². The van der Waals surface area contributed by atoms with Crippen LogP contribution in [-0.2, 0) is 0 Å². The lowest BCUT2D eigenvalue weighted by Gasteiger charge is -2.23. The number of hydrazine groups is 1. The Morgan fingerprint density at radius 2 is 2.06 bits per heavy atom. The largest absolute Gasteiger partial charge is 0.497 e. The van der Waals surface area contributed by atoms with Gasteiger partial charge in [-0.15, -0.1) is 0 Å². The summed E-state index contributed by atoms with van der Waals surface area (Å²) in [4.78, 5) is 0. The Labute approximate surface area is 104 Å². The van der Waals surface area contributed by atoms with Crippen LogP contribution in [0.15, 0.2) is 24.3 Å². The van der Waals surface area contributed by atoms with Crippen molar-refractivity contribution < 1.29 is 4.74 Å². The van der Waals surface area contributed by atoms with Gasteiger partial charge < -0.3 is 4.74 Å². The molecule has 1 unspecified atom stereocenters. The summed E-state index contributed by atoms with van der Waals surface area (Å²) in [6, 6.07) is 8.24. The normalized spacial score (nSPS) is 13.5. The van der Waals surface area contributed by atoms with E-state index in [9.17, 15) is 0 Å². The summed E-state index contributed by atoms with van der Waals surface area (Å²) >= 11 is 0. The number of nitrogens with one attached hydrogen (secondary N) is 1. The van der Waals surface area contributed by atoms with Crippen LogP contribution in [0.5, 0.6) is 5.75 Å². The zero-order valence-electron chi connectivity index (χ0n) is 11.3. The Balaban J connectivity index is 2.72. The number of benzene rings is 1. The second kappa shape index (κ2) is 6.03. The van der Waals surface area contributed by atoms with Crippen molar-refractivity contribution in [1.82, 2.24) is 5.43 Å².